The molecule has 2 heteroatoms. The van der Waals surface area contributed by atoms with Gasteiger partial charge in [0.15, 0.2) is 0 Å². The second-order valence-corrected chi connectivity index (χ2v) is 8.87. The van der Waals surface area contributed by atoms with Crippen LogP contribution in [0.25, 0.3) is 44.3 Å². The molecule has 0 aliphatic rings. The molecule has 33 heavy (non-hydrogen) atoms. The van der Waals surface area contributed by atoms with Gasteiger partial charge in [-0.15, -0.1) is 0 Å². The number of H-pyrrole nitrogens is 1. The van der Waals surface area contributed by atoms with Crippen LogP contribution in [0.3, 0.4) is 0 Å². The van der Waals surface area contributed by atoms with Crippen molar-refractivity contribution in [3.05, 3.63) is 118 Å². The molecule has 162 valence electrons. The highest BCUT2D eigenvalue weighted by molar-refractivity contribution is 5.97. The summed E-state index contributed by atoms with van der Waals surface area (Å²) in [5, 5.41) is 1.07. The summed E-state index contributed by atoms with van der Waals surface area (Å²) in [7, 11) is 0. The summed E-state index contributed by atoms with van der Waals surface area (Å²) in [6.07, 6.45) is 0. The van der Waals surface area contributed by atoms with E-state index in [2.05, 4.69) is 92.5 Å². The quantitative estimate of drug-likeness (QED) is 0.312. The first kappa shape index (κ1) is 21.0. The van der Waals surface area contributed by atoms with Gasteiger partial charge in [0, 0.05) is 16.5 Å². The molecule has 0 spiro atoms. The Kier molecular flexibility index (Phi) is 5.22. The van der Waals surface area contributed by atoms with E-state index in [1.165, 1.54) is 27.8 Å². The van der Waals surface area contributed by atoms with Crippen LogP contribution in [0, 0.1) is 27.7 Å². The largest absolute Gasteiger partial charge is 0.322 e. The molecule has 5 rings (SSSR count). The van der Waals surface area contributed by atoms with Crippen molar-refractivity contribution in [3.63, 3.8) is 0 Å². The van der Waals surface area contributed by atoms with Crippen molar-refractivity contribution >= 4 is 10.9 Å². The van der Waals surface area contributed by atoms with E-state index >= 15 is 0 Å². The van der Waals surface area contributed by atoms with E-state index in [9.17, 15) is 4.79 Å². The number of aromatic amines is 1. The standard InChI is InChI=1S/C31H27NO/c1-19-9-5-6-10-25(19)27-17-23(15-13-20(27)2)24-16-14-21(3)28(18-24)30-22(4)31(33)32-29-12-8-7-11-26(29)30/h5-18H,1-4H3,(H,32,33). The normalized spacial score (nSPS) is 11.2. The molecule has 0 aliphatic carbocycles. The lowest BCUT2D eigenvalue weighted by Gasteiger charge is -2.16. The van der Waals surface area contributed by atoms with Gasteiger partial charge < -0.3 is 4.98 Å². The zero-order valence-corrected chi connectivity index (χ0v) is 19.5. The highest BCUT2D eigenvalue weighted by Crippen LogP contribution is 2.36. The Morgan fingerprint density at radius 2 is 1.15 bits per heavy atom. The zero-order valence-electron chi connectivity index (χ0n) is 19.5. The average Bonchev–Trinajstić information content (AvgIpc) is 2.82. The van der Waals surface area contributed by atoms with Crippen molar-refractivity contribution in [1.29, 1.82) is 0 Å². The number of aryl methyl sites for hydroxylation is 3. The van der Waals surface area contributed by atoms with Crippen LogP contribution in [0.5, 0.6) is 0 Å². The number of hydrogen-bond acceptors (Lipinski definition) is 1. The van der Waals surface area contributed by atoms with Crippen LogP contribution >= 0.6 is 0 Å². The van der Waals surface area contributed by atoms with Crippen LogP contribution in [0.4, 0.5) is 0 Å². The van der Waals surface area contributed by atoms with Crippen LogP contribution < -0.4 is 5.56 Å². The van der Waals surface area contributed by atoms with Gasteiger partial charge in [-0.05, 0) is 96.0 Å². The van der Waals surface area contributed by atoms with Crippen molar-refractivity contribution in [1.82, 2.24) is 4.98 Å². The fourth-order valence-corrected chi connectivity index (χ4v) is 4.73. The summed E-state index contributed by atoms with van der Waals surface area (Å²) in [6, 6.07) is 29.8. The second kappa shape index (κ2) is 8.22. The molecule has 0 saturated carbocycles. The minimum atomic E-state index is -0.0364. The molecular formula is C31H27NO. The molecule has 0 unspecified atom stereocenters. The Bertz CT molecular complexity index is 1570. The number of aromatic nitrogens is 1. The fourth-order valence-electron chi connectivity index (χ4n) is 4.73. The van der Waals surface area contributed by atoms with Crippen molar-refractivity contribution < 1.29 is 0 Å². The zero-order chi connectivity index (χ0) is 23.1. The average molecular weight is 430 g/mol. The molecular weight excluding hydrogens is 402 g/mol. The summed E-state index contributed by atoms with van der Waals surface area (Å²) in [5.74, 6) is 0. The van der Waals surface area contributed by atoms with Gasteiger partial charge in [-0.1, -0.05) is 66.7 Å². The lowest BCUT2D eigenvalue weighted by Crippen LogP contribution is -2.11. The van der Waals surface area contributed by atoms with Crippen molar-refractivity contribution in [3.8, 4) is 33.4 Å². The smallest absolute Gasteiger partial charge is 0.251 e. The maximum Gasteiger partial charge on any atom is 0.251 e. The molecule has 0 bridgehead atoms. The molecule has 0 aliphatic heterocycles. The Labute approximate surface area is 194 Å². The van der Waals surface area contributed by atoms with Crippen LogP contribution in [0.1, 0.15) is 22.3 Å². The molecule has 0 atom stereocenters. The van der Waals surface area contributed by atoms with Crippen molar-refractivity contribution in [2.24, 2.45) is 0 Å². The number of para-hydroxylation sites is 1. The molecule has 1 aromatic heterocycles. The Morgan fingerprint density at radius 1 is 0.576 bits per heavy atom. The van der Waals surface area contributed by atoms with Gasteiger partial charge in [0.1, 0.15) is 0 Å². The molecule has 5 aromatic rings. The second-order valence-electron chi connectivity index (χ2n) is 8.87. The molecule has 0 radical (unpaired) electrons. The first-order valence-electron chi connectivity index (χ1n) is 11.3. The number of fused-ring (bicyclic) bond motifs is 1. The number of nitrogens with one attached hydrogen (secondary N) is 1. The third-order valence-electron chi connectivity index (χ3n) is 6.67. The number of pyridine rings is 1. The maximum absolute atomic E-state index is 12.7. The van der Waals surface area contributed by atoms with Gasteiger partial charge >= 0.3 is 0 Å². The van der Waals surface area contributed by atoms with Crippen LogP contribution in [-0.2, 0) is 0 Å². The van der Waals surface area contributed by atoms with E-state index in [1.54, 1.807) is 0 Å². The Morgan fingerprint density at radius 3 is 1.88 bits per heavy atom. The summed E-state index contributed by atoms with van der Waals surface area (Å²) < 4.78 is 0. The predicted octanol–water partition coefficient (Wildman–Crippen LogP) is 7.76. The van der Waals surface area contributed by atoms with E-state index in [4.69, 9.17) is 0 Å². The minimum absolute atomic E-state index is 0.0364. The molecule has 0 amide bonds. The van der Waals surface area contributed by atoms with Gasteiger partial charge in [-0.3, -0.25) is 4.79 Å². The Hall–Kier alpha value is -3.91. The molecule has 2 nitrogen and oxygen atoms in total. The van der Waals surface area contributed by atoms with Crippen molar-refractivity contribution in [2.45, 2.75) is 27.7 Å². The fraction of sp³-hybridized carbons (Fsp3) is 0.129. The van der Waals surface area contributed by atoms with E-state index in [0.29, 0.717) is 0 Å². The first-order chi connectivity index (χ1) is 15.9. The highest BCUT2D eigenvalue weighted by atomic mass is 16.1. The molecule has 1 N–H and O–H groups in total. The third kappa shape index (κ3) is 3.68. The number of hydrogen-bond donors (Lipinski definition) is 1. The maximum atomic E-state index is 12.7. The van der Waals surface area contributed by atoms with Gasteiger partial charge in [0.05, 0.1) is 0 Å². The molecule has 4 aromatic carbocycles. The monoisotopic (exact) mass is 429 g/mol. The minimum Gasteiger partial charge on any atom is -0.322 e. The topological polar surface area (TPSA) is 32.9 Å². The number of rotatable bonds is 3. The third-order valence-corrected chi connectivity index (χ3v) is 6.67. The van der Waals surface area contributed by atoms with Crippen molar-refractivity contribution in [2.75, 3.05) is 0 Å². The summed E-state index contributed by atoms with van der Waals surface area (Å²) >= 11 is 0. The van der Waals surface area contributed by atoms with Gasteiger partial charge in [0.2, 0.25) is 0 Å². The molecule has 1 heterocycles. The summed E-state index contributed by atoms with van der Waals surface area (Å²) in [5.41, 5.74) is 12.2. The molecule has 0 fully saturated rings. The summed E-state index contributed by atoms with van der Waals surface area (Å²) in [4.78, 5) is 15.7. The first-order valence-corrected chi connectivity index (χ1v) is 11.3. The summed E-state index contributed by atoms with van der Waals surface area (Å²) in [6.45, 7) is 8.35. The van der Waals surface area contributed by atoms with E-state index < -0.39 is 0 Å². The molecule has 0 saturated heterocycles. The van der Waals surface area contributed by atoms with E-state index in [0.717, 1.165) is 38.7 Å². The van der Waals surface area contributed by atoms with E-state index in [-0.39, 0.29) is 5.56 Å². The van der Waals surface area contributed by atoms with Gasteiger partial charge in [-0.25, -0.2) is 0 Å². The van der Waals surface area contributed by atoms with Gasteiger partial charge in [0.25, 0.3) is 5.56 Å². The SMILES string of the molecule is Cc1ccccc1-c1cc(-c2ccc(C)c(-c3c(C)c(=O)[nH]c4ccccc34)c2)ccc1C. The lowest BCUT2D eigenvalue weighted by atomic mass is 9.89. The van der Waals surface area contributed by atoms with Gasteiger partial charge in [-0.2, -0.15) is 0 Å². The Balaban J connectivity index is 1.72. The lowest BCUT2D eigenvalue weighted by molar-refractivity contribution is 1.23. The van der Waals surface area contributed by atoms with Crippen LogP contribution in [-0.4, -0.2) is 4.98 Å². The van der Waals surface area contributed by atoms with Crippen LogP contribution in [0.2, 0.25) is 0 Å². The van der Waals surface area contributed by atoms with Crippen LogP contribution in [0.15, 0.2) is 89.7 Å². The predicted molar refractivity (Wildman–Crippen MR) is 140 cm³/mol. The highest BCUT2D eigenvalue weighted by Gasteiger charge is 2.15. The number of benzene rings is 4. The van der Waals surface area contributed by atoms with E-state index in [1.807, 2.05) is 25.1 Å².